The van der Waals surface area contributed by atoms with Crippen LogP contribution in [0.1, 0.15) is 10.6 Å². The fraction of sp³-hybridized carbons (Fsp3) is 0.100. The lowest BCUT2D eigenvalue weighted by molar-refractivity contribution is 0.373. The van der Waals surface area contributed by atoms with Crippen LogP contribution in [-0.4, -0.2) is 24.3 Å². The molecular formula is C20H16N2O3S. The van der Waals surface area contributed by atoms with Gasteiger partial charge < -0.3 is 14.6 Å². The number of hydrogen-bond donors (Lipinski definition) is 1. The van der Waals surface area contributed by atoms with Gasteiger partial charge in [-0.2, -0.15) is 5.26 Å². The second-order valence-electron chi connectivity index (χ2n) is 5.37. The van der Waals surface area contributed by atoms with Crippen LogP contribution in [0.2, 0.25) is 0 Å². The highest BCUT2D eigenvalue weighted by Gasteiger charge is 2.10. The molecule has 6 heteroatoms. The number of aromatic hydroxyl groups is 1. The van der Waals surface area contributed by atoms with Crippen molar-refractivity contribution in [1.29, 1.82) is 5.26 Å². The Morgan fingerprint density at radius 2 is 1.92 bits per heavy atom. The van der Waals surface area contributed by atoms with Gasteiger partial charge in [0.15, 0.2) is 11.5 Å². The Kier molecular flexibility index (Phi) is 5.20. The molecule has 0 unspecified atom stereocenters. The number of methoxy groups -OCH3 is 2. The predicted octanol–water partition coefficient (Wildman–Crippen LogP) is 4.60. The van der Waals surface area contributed by atoms with E-state index in [9.17, 15) is 10.4 Å². The number of phenols is 1. The fourth-order valence-electron chi connectivity index (χ4n) is 2.40. The number of benzene rings is 2. The zero-order chi connectivity index (χ0) is 18.5. The normalized spacial score (nSPS) is 11.0. The summed E-state index contributed by atoms with van der Waals surface area (Å²) in [5.74, 6) is 1.19. The van der Waals surface area contributed by atoms with E-state index in [1.54, 1.807) is 31.4 Å². The Morgan fingerprint density at radius 1 is 1.15 bits per heavy atom. The van der Waals surface area contributed by atoms with Gasteiger partial charge in [-0.15, -0.1) is 11.3 Å². The molecule has 26 heavy (non-hydrogen) atoms. The molecule has 3 rings (SSSR count). The average molecular weight is 364 g/mol. The fourth-order valence-corrected chi connectivity index (χ4v) is 3.19. The average Bonchev–Trinajstić information content (AvgIpc) is 3.16. The highest BCUT2D eigenvalue weighted by atomic mass is 32.1. The third-order valence-electron chi connectivity index (χ3n) is 3.75. The van der Waals surface area contributed by atoms with Crippen LogP contribution in [0.3, 0.4) is 0 Å². The topological polar surface area (TPSA) is 75.4 Å². The number of rotatable bonds is 5. The first-order chi connectivity index (χ1) is 12.6. The number of nitrogens with zero attached hydrogens (tertiary/aromatic N) is 2. The molecular weight excluding hydrogens is 348 g/mol. The lowest BCUT2D eigenvalue weighted by Crippen LogP contribution is -1.86. The Bertz CT molecular complexity index is 985. The second-order valence-corrected chi connectivity index (χ2v) is 6.23. The highest BCUT2D eigenvalue weighted by molar-refractivity contribution is 7.11. The van der Waals surface area contributed by atoms with Gasteiger partial charge in [-0.05, 0) is 48.0 Å². The maximum absolute atomic E-state index is 9.88. The highest BCUT2D eigenvalue weighted by Crippen LogP contribution is 2.30. The number of allylic oxidation sites excluding steroid dienone is 1. The van der Waals surface area contributed by atoms with Crippen LogP contribution in [0.5, 0.6) is 17.2 Å². The number of thiazole rings is 1. The number of aromatic nitrogens is 1. The van der Waals surface area contributed by atoms with Crippen LogP contribution in [0, 0.1) is 11.3 Å². The Labute approximate surface area is 155 Å². The van der Waals surface area contributed by atoms with Gasteiger partial charge in [0.05, 0.1) is 25.5 Å². The van der Waals surface area contributed by atoms with E-state index in [1.807, 2.05) is 29.6 Å². The summed E-state index contributed by atoms with van der Waals surface area (Å²) in [5.41, 5.74) is 2.87. The van der Waals surface area contributed by atoms with Crippen molar-refractivity contribution in [3.8, 4) is 34.6 Å². The first kappa shape index (κ1) is 17.5. The minimum absolute atomic E-state index is 0.0246. The van der Waals surface area contributed by atoms with Gasteiger partial charge in [0.25, 0.3) is 0 Å². The smallest absolute Gasteiger partial charge is 0.160 e. The molecule has 0 amide bonds. The Morgan fingerprint density at radius 3 is 2.54 bits per heavy atom. The van der Waals surface area contributed by atoms with Crippen LogP contribution in [0.15, 0.2) is 47.8 Å². The van der Waals surface area contributed by atoms with Crippen LogP contribution < -0.4 is 9.47 Å². The third kappa shape index (κ3) is 3.68. The van der Waals surface area contributed by atoms with Gasteiger partial charge in [0, 0.05) is 10.9 Å². The standard InChI is InChI=1S/C20H16N2O3S/c1-24-16-6-4-14(5-7-16)17-12-26-20(22-17)15(11-21)9-13-3-8-19(25-2)18(23)10-13/h3-10,12,23H,1-2H3. The van der Waals surface area contributed by atoms with Crippen molar-refractivity contribution in [2.24, 2.45) is 0 Å². The predicted molar refractivity (Wildman–Crippen MR) is 102 cm³/mol. The molecule has 1 aromatic heterocycles. The molecule has 130 valence electrons. The molecule has 0 radical (unpaired) electrons. The van der Waals surface area contributed by atoms with Crippen molar-refractivity contribution in [1.82, 2.24) is 4.98 Å². The first-order valence-electron chi connectivity index (χ1n) is 7.73. The van der Waals surface area contributed by atoms with E-state index < -0.39 is 0 Å². The molecule has 0 saturated carbocycles. The zero-order valence-electron chi connectivity index (χ0n) is 14.3. The van der Waals surface area contributed by atoms with Crippen LogP contribution in [0.25, 0.3) is 22.9 Å². The lowest BCUT2D eigenvalue weighted by atomic mass is 10.1. The maximum Gasteiger partial charge on any atom is 0.160 e. The van der Waals surface area contributed by atoms with Crippen molar-refractivity contribution in [2.45, 2.75) is 0 Å². The van der Waals surface area contributed by atoms with Crippen LogP contribution in [-0.2, 0) is 0 Å². The molecule has 0 bridgehead atoms. The number of hydrogen-bond acceptors (Lipinski definition) is 6. The quantitative estimate of drug-likeness (QED) is 0.670. The van der Waals surface area contributed by atoms with Crippen molar-refractivity contribution in [2.75, 3.05) is 14.2 Å². The summed E-state index contributed by atoms with van der Waals surface area (Å²) in [6, 6.07) is 14.7. The van der Waals surface area contributed by atoms with Crippen molar-refractivity contribution in [3.63, 3.8) is 0 Å². The summed E-state index contributed by atoms with van der Waals surface area (Å²) in [6.07, 6.45) is 1.69. The molecule has 2 aromatic carbocycles. The Balaban J connectivity index is 1.90. The van der Waals surface area contributed by atoms with E-state index in [2.05, 4.69) is 11.1 Å². The van der Waals surface area contributed by atoms with Crippen LogP contribution in [0.4, 0.5) is 0 Å². The number of ether oxygens (including phenoxy) is 2. The van der Waals surface area contributed by atoms with E-state index in [-0.39, 0.29) is 5.75 Å². The third-order valence-corrected chi connectivity index (χ3v) is 4.63. The SMILES string of the molecule is COc1ccc(-c2csc(C(C#N)=Cc3ccc(OC)c(O)c3)n2)cc1. The summed E-state index contributed by atoms with van der Waals surface area (Å²) in [4.78, 5) is 4.56. The summed E-state index contributed by atoms with van der Waals surface area (Å²) in [6.45, 7) is 0. The van der Waals surface area contributed by atoms with Crippen LogP contribution >= 0.6 is 11.3 Å². The molecule has 0 aliphatic heterocycles. The summed E-state index contributed by atoms with van der Waals surface area (Å²) in [7, 11) is 3.11. The maximum atomic E-state index is 9.88. The van der Waals surface area contributed by atoms with Gasteiger partial charge in [-0.3, -0.25) is 0 Å². The number of phenolic OH excluding ortho intramolecular Hbond substituents is 1. The van der Waals surface area contributed by atoms with Gasteiger partial charge in [0.1, 0.15) is 16.8 Å². The first-order valence-corrected chi connectivity index (χ1v) is 8.61. The molecule has 1 heterocycles. The van der Waals surface area contributed by atoms with Gasteiger partial charge in [-0.1, -0.05) is 6.07 Å². The van der Waals surface area contributed by atoms with Crippen molar-refractivity contribution < 1.29 is 14.6 Å². The van der Waals surface area contributed by atoms with E-state index >= 15 is 0 Å². The van der Waals surface area contributed by atoms with E-state index in [1.165, 1.54) is 18.4 Å². The molecule has 0 saturated heterocycles. The van der Waals surface area contributed by atoms with Crippen molar-refractivity contribution in [3.05, 3.63) is 58.4 Å². The second kappa shape index (κ2) is 7.72. The van der Waals surface area contributed by atoms with E-state index in [0.717, 1.165) is 17.0 Å². The minimum atomic E-state index is 0.0246. The number of nitriles is 1. The molecule has 0 atom stereocenters. The molecule has 0 spiro atoms. The molecule has 5 nitrogen and oxygen atoms in total. The summed E-state index contributed by atoms with van der Waals surface area (Å²) in [5, 5.41) is 21.9. The van der Waals surface area contributed by atoms with Gasteiger partial charge in [0.2, 0.25) is 0 Å². The molecule has 0 fully saturated rings. The summed E-state index contributed by atoms with van der Waals surface area (Å²) < 4.78 is 10.2. The van der Waals surface area contributed by atoms with Crippen molar-refractivity contribution >= 4 is 23.0 Å². The zero-order valence-corrected chi connectivity index (χ0v) is 15.1. The minimum Gasteiger partial charge on any atom is -0.504 e. The molecule has 0 aliphatic carbocycles. The largest absolute Gasteiger partial charge is 0.504 e. The molecule has 3 aromatic rings. The molecule has 0 aliphatic rings. The van der Waals surface area contributed by atoms with Gasteiger partial charge >= 0.3 is 0 Å². The van der Waals surface area contributed by atoms with Gasteiger partial charge in [-0.25, -0.2) is 4.98 Å². The van der Waals surface area contributed by atoms with E-state index in [4.69, 9.17) is 9.47 Å². The van der Waals surface area contributed by atoms with E-state index in [0.29, 0.717) is 21.9 Å². The summed E-state index contributed by atoms with van der Waals surface area (Å²) >= 11 is 1.40. The Hall–Kier alpha value is -3.30. The monoisotopic (exact) mass is 364 g/mol. The molecule has 1 N–H and O–H groups in total. The lowest BCUT2D eigenvalue weighted by Gasteiger charge is -2.03.